The molecule has 1 amide bonds. The molecule has 1 aromatic heterocycles. The molecule has 0 unspecified atom stereocenters. The van der Waals surface area contributed by atoms with Crippen molar-refractivity contribution in [1.29, 1.82) is 0 Å². The second-order valence-corrected chi connectivity index (χ2v) is 5.34. The molecule has 1 aliphatic rings. The van der Waals surface area contributed by atoms with Gasteiger partial charge in [-0.15, -0.1) is 0 Å². The van der Waals surface area contributed by atoms with Crippen LogP contribution in [0.1, 0.15) is 37.5 Å². The van der Waals surface area contributed by atoms with E-state index in [1.807, 2.05) is 25.1 Å². The number of ether oxygens (including phenoxy) is 1. The molecule has 1 fully saturated rings. The number of rotatable bonds is 2. The van der Waals surface area contributed by atoms with Gasteiger partial charge in [-0.3, -0.25) is 0 Å². The van der Waals surface area contributed by atoms with Crippen molar-refractivity contribution in [2.24, 2.45) is 5.73 Å². The van der Waals surface area contributed by atoms with Gasteiger partial charge in [0.2, 0.25) is 0 Å². The first-order chi connectivity index (χ1) is 9.66. The molecule has 20 heavy (non-hydrogen) atoms. The summed E-state index contributed by atoms with van der Waals surface area (Å²) in [7, 11) is 0. The molecule has 2 N–H and O–H groups in total. The third-order valence-electron chi connectivity index (χ3n) is 4.04. The molecule has 2 aromatic rings. The maximum Gasteiger partial charge on any atom is 0.404 e. The predicted molar refractivity (Wildman–Crippen MR) is 76.4 cm³/mol. The Hall–Kier alpha value is -2.04. The third kappa shape index (κ3) is 2.24. The summed E-state index contributed by atoms with van der Waals surface area (Å²) in [6, 6.07) is 8.18. The molecule has 0 aliphatic heterocycles. The van der Waals surface area contributed by atoms with Gasteiger partial charge in [0.1, 0.15) is 11.9 Å². The van der Waals surface area contributed by atoms with Crippen LogP contribution in [0.3, 0.4) is 0 Å². The van der Waals surface area contributed by atoms with E-state index in [1.54, 1.807) is 0 Å². The summed E-state index contributed by atoms with van der Waals surface area (Å²) in [5, 5.41) is 0. The Morgan fingerprint density at radius 1 is 1.35 bits per heavy atom. The number of amides is 1. The van der Waals surface area contributed by atoms with E-state index in [1.165, 1.54) is 0 Å². The van der Waals surface area contributed by atoms with E-state index in [2.05, 4.69) is 15.6 Å². The summed E-state index contributed by atoms with van der Waals surface area (Å²) in [6.07, 6.45) is 3.20. The van der Waals surface area contributed by atoms with E-state index in [0.717, 1.165) is 42.5 Å². The highest BCUT2D eigenvalue weighted by atomic mass is 16.6. The number of hydrogen-bond donors (Lipinski definition) is 1. The minimum absolute atomic E-state index is 0.128. The van der Waals surface area contributed by atoms with Crippen LogP contribution < -0.4 is 5.73 Å². The number of para-hydroxylation sites is 2. The summed E-state index contributed by atoms with van der Waals surface area (Å²) in [5.41, 5.74) is 7.28. The smallest absolute Gasteiger partial charge is 0.404 e. The van der Waals surface area contributed by atoms with Crippen LogP contribution in [0.4, 0.5) is 4.79 Å². The Morgan fingerprint density at radius 2 is 2.10 bits per heavy atom. The quantitative estimate of drug-likeness (QED) is 0.914. The monoisotopic (exact) mass is 273 g/mol. The van der Waals surface area contributed by atoms with Crippen LogP contribution in [0.2, 0.25) is 0 Å². The first-order valence-corrected chi connectivity index (χ1v) is 7.06. The molecule has 0 spiro atoms. The molecular weight excluding hydrogens is 254 g/mol. The second-order valence-electron chi connectivity index (χ2n) is 5.34. The molecule has 0 radical (unpaired) electrons. The molecule has 5 nitrogen and oxygen atoms in total. The van der Waals surface area contributed by atoms with E-state index in [0.29, 0.717) is 0 Å². The summed E-state index contributed by atoms with van der Waals surface area (Å²) in [6.45, 7) is 2.00. The first kappa shape index (κ1) is 13.0. The standard InChI is InChI=1S/C15H19N3O2/c1-10-17-11-6-2-3-7-12(11)18(10)13-8-4-5-9-14(13)20-15(16)19/h2-3,6-7,13-14H,4-5,8-9H2,1H3,(H2,16,19)/t13-,14-/m1/s1. The Kier molecular flexibility index (Phi) is 3.34. The average molecular weight is 273 g/mol. The molecule has 106 valence electrons. The van der Waals surface area contributed by atoms with Crippen molar-refractivity contribution in [3.05, 3.63) is 30.1 Å². The molecule has 0 saturated heterocycles. The summed E-state index contributed by atoms with van der Waals surface area (Å²) < 4.78 is 7.52. The summed E-state index contributed by atoms with van der Waals surface area (Å²) >= 11 is 0. The number of primary amides is 1. The highest BCUT2D eigenvalue weighted by molar-refractivity contribution is 5.76. The number of imidazole rings is 1. The summed E-state index contributed by atoms with van der Waals surface area (Å²) in [5.74, 6) is 0.955. The van der Waals surface area contributed by atoms with Gasteiger partial charge in [0, 0.05) is 0 Å². The van der Waals surface area contributed by atoms with E-state index >= 15 is 0 Å². The van der Waals surface area contributed by atoms with Gasteiger partial charge < -0.3 is 15.0 Å². The minimum atomic E-state index is -0.691. The van der Waals surface area contributed by atoms with Gasteiger partial charge in [-0.25, -0.2) is 9.78 Å². The highest BCUT2D eigenvalue weighted by Gasteiger charge is 2.31. The molecule has 3 rings (SSSR count). The van der Waals surface area contributed by atoms with Crippen molar-refractivity contribution >= 4 is 17.1 Å². The number of carbonyl (C=O) groups is 1. The molecule has 5 heteroatoms. The van der Waals surface area contributed by atoms with Gasteiger partial charge in [-0.1, -0.05) is 18.6 Å². The van der Waals surface area contributed by atoms with Crippen molar-refractivity contribution < 1.29 is 9.53 Å². The average Bonchev–Trinajstić information content (AvgIpc) is 2.75. The zero-order valence-corrected chi connectivity index (χ0v) is 11.6. The number of carbonyl (C=O) groups excluding carboxylic acids is 1. The molecule has 1 saturated carbocycles. The lowest BCUT2D eigenvalue weighted by Crippen LogP contribution is -2.34. The van der Waals surface area contributed by atoms with Crippen LogP contribution in [0, 0.1) is 6.92 Å². The van der Waals surface area contributed by atoms with Crippen LogP contribution >= 0.6 is 0 Å². The predicted octanol–water partition coefficient (Wildman–Crippen LogP) is 2.92. The molecular formula is C15H19N3O2. The fourth-order valence-corrected chi connectivity index (χ4v) is 3.24. The van der Waals surface area contributed by atoms with Crippen LogP contribution in [0.5, 0.6) is 0 Å². The van der Waals surface area contributed by atoms with Crippen molar-refractivity contribution in [1.82, 2.24) is 9.55 Å². The van der Waals surface area contributed by atoms with Crippen molar-refractivity contribution in [3.8, 4) is 0 Å². The molecule has 1 heterocycles. The first-order valence-electron chi connectivity index (χ1n) is 7.06. The molecule has 1 aromatic carbocycles. The Balaban J connectivity index is 2.03. The van der Waals surface area contributed by atoms with Gasteiger partial charge in [-0.2, -0.15) is 0 Å². The Labute approximate surface area is 117 Å². The molecule has 2 atom stereocenters. The van der Waals surface area contributed by atoms with Gasteiger partial charge in [-0.05, 0) is 38.3 Å². The van der Waals surface area contributed by atoms with E-state index < -0.39 is 6.09 Å². The Morgan fingerprint density at radius 3 is 2.90 bits per heavy atom. The van der Waals surface area contributed by atoms with Crippen molar-refractivity contribution in [2.45, 2.75) is 44.8 Å². The van der Waals surface area contributed by atoms with Crippen LogP contribution in [-0.2, 0) is 4.74 Å². The van der Waals surface area contributed by atoms with E-state index in [-0.39, 0.29) is 12.1 Å². The largest absolute Gasteiger partial charge is 0.444 e. The topological polar surface area (TPSA) is 70.1 Å². The number of fused-ring (bicyclic) bond motifs is 1. The number of hydrogen-bond acceptors (Lipinski definition) is 3. The number of nitrogens with two attached hydrogens (primary N) is 1. The number of nitrogens with zero attached hydrogens (tertiary/aromatic N) is 2. The third-order valence-corrected chi connectivity index (χ3v) is 4.04. The molecule has 0 bridgehead atoms. The lowest BCUT2D eigenvalue weighted by atomic mass is 9.92. The lowest BCUT2D eigenvalue weighted by Gasteiger charge is -2.32. The lowest BCUT2D eigenvalue weighted by molar-refractivity contribution is 0.0479. The number of aromatic nitrogens is 2. The van der Waals surface area contributed by atoms with Crippen molar-refractivity contribution in [2.75, 3.05) is 0 Å². The van der Waals surface area contributed by atoms with Gasteiger partial charge in [0.05, 0.1) is 17.1 Å². The maximum atomic E-state index is 11.1. The zero-order valence-electron chi connectivity index (χ0n) is 11.6. The minimum Gasteiger partial charge on any atom is -0.444 e. The van der Waals surface area contributed by atoms with E-state index in [4.69, 9.17) is 10.5 Å². The SMILES string of the molecule is Cc1nc2ccccc2n1[C@@H]1CCCC[C@H]1OC(N)=O. The van der Waals surface area contributed by atoms with Gasteiger partial charge >= 0.3 is 6.09 Å². The maximum absolute atomic E-state index is 11.1. The normalized spacial score (nSPS) is 22.9. The second kappa shape index (κ2) is 5.15. The van der Waals surface area contributed by atoms with Crippen LogP contribution in [0.25, 0.3) is 11.0 Å². The van der Waals surface area contributed by atoms with Gasteiger partial charge in [0.15, 0.2) is 0 Å². The number of benzene rings is 1. The Bertz CT molecular complexity index is 635. The van der Waals surface area contributed by atoms with Crippen LogP contribution in [-0.4, -0.2) is 21.7 Å². The summed E-state index contributed by atoms with van der Waals surface area (Å²) in [4.78, 5) is 15.7. The molecule has 1 aliphatic carbocycles. The van der Waals surface area contributed by atoms with Crippen molar-refractivity contribution in [3.63, 3.8) is 0 Å². The number of aryl methyl sites for hydroxylation is 1. The highest BCUT2D eigenvalue weighted by Crippen LogP contribution is 2.34. The fraction of sp³-hybridized carbons (Fsp3) is 0.467. The van der Waals surface area contributed by atoms with Crippen LogP contribution in [0.15, 0.2) is 24.3 Å². The van der Waals surface area contributed by atoms with E-state index in [9.17, 15) is 4.79 Å². The van der Waals surface area contributed by atoms with Gasteiger partial charge in [0.25, 0.3) is 0 Å². The fourth-order valence-electron chi connectivity index (χ4n) is 3.24. The zero-order chi connectivity index (χ0) is 14.1.